The molecular formula is C19H21FN2O3. The van der Waals surface area contributed by atoms with Gasteiger partial charge in [-0.15, -0.1) is 0 Å². The minimum Gasteiger partial charge on any atom is -0.480 e. The molecule has 0 heterocycles. The van der Waals surface area contributed by atoms with Crippen molar-refractivity contribution in [2.24, 2.45) is 0 Å². The molecule has 0 aromatic heterocycles. The van der Waals surface area contributed by atoms with Crippen LogP contribution in [0.1, 0.15) is 29.3 Å². The normalized spacial score (nSPS) is 10.3. The molecule has 0 aliphatic carbocycles. The Bertz CT molecular complexity index is 749. The molecule has 1 amide bonds. The molecule has 0 bridgehead atoms. The lowest BCUT2D eigenvalue weighted by Crippen LogP contribution is -2.31. The predicted octanol–water partition coefficient (Wildman–Crippen LogP) is 3.37. The second-order valence-electron chi connectivity index (χ2n) is 5.65. The largest absolute Gasteiger partial charge is 0.480 e. The number of carbonyl (C=O) groups excluding carboxylic acids is 1. The molecule has 2 aromatic carbocycles. The number of hydrogen-bond acceptors (Lipinski definition) is 3. The number of benzene rings is 2. The molecule has 2 rings (SSSR count). The number of amides is 1. The van der Waals surface area contributed by atoms with E-state index in [-0.39, 0.29) is 24.8 Å². The zero-order valence-corrected chi connectivity index (χ0v) is 14.0. The van der Waals surface area contributed by atoms with E-state index >= 15 is 0 Å². The van der Waals surface area contributed by atoms with E-state index in [1.165, 1.54) is 6.07 Å². The van der Waals surface area contributed by atoms with Crippen molar-refractivity contribution in [2.75, 3.05) is 18.4 Å². The van der Waals surface area contributed by atoms with Gasteiger partial charge in [-0.1, -0.05) is 31.2 Å². The molecule has 0 saturated carbocycles. The predicted molar refractivity (Wildman–Crippen MR) is 94.0 cm³/mol. The number of aliphatic carboxylic acids is 1. The van der Waals surface area contributed by atoms with Gasteiger partial charge in [0.1, 0.15) is 12.4 Å². The maximum Gasteiger partial charge on any atom is 0.322 e. The van der Waals surface area contributed by atoms with Crippen molar-refractivity contribution in [2.45, 2.75) is 19.9 Å². The van der Waals surface area contributed by atoms with Crippen LogP contribution in [0.4, 0.5) is 10.1 Å². The number of nitrogens with zero attached hydrogens (tertiary/aromatic N) is 1. The molecule has 132 valence electrons. The van der Waals surface area contributed by atoms with Crippen molar-refractivity contribution in [1.82, 2.24) is 4.90 Å². The zero-order valence-electron chi connectivity index (χ0n) is 14.0. The summed E-state index contributed by atoms with van der Waals surface area (Å²) in [6.45, 7) is 2.41. The first kappa shape index (κ1) is 18.4. The van der Waals surface area contributed by atoms with Gasteiger partial charge in [0.15, 0.2) is 0 Å². The molecule has 0 spiro atoms. The summed E-state index contributed by atoms with van der Waals surface area (Å²) < 4.78 is 13.9. The first-order valence-corrected chi connectivity index (χ1v) is 8.09. The first-order chi connectivity index (χ1) is 12.0. The molecule has 0 atom stereocenters. The number of anilines is 1. The minimum absolute atomic E-state index is 0.187. The van der Waals surface area contributed by atoms with Crippen molar-refractivity contribution in [3.63, 3.8) is 0 Å². The smallest absolute Gasteiger partial charge is 0.322 e. The third kappa shape index (κ3) is 5.31. The van der Waals surface area contributed by atoms with Gasteiger partial charge in [0.25, 0.3) is 5.91 Å². The second-order valence-corrected chi connectivity index (χ2v) is 5.65. The highest BCUT2D eigenvalue weighted by molar-refractivity contribution is 5.95. The van der Waals surface area contributed by atoms with Crippen molar-refractivity contribution in [1.29, 1.82) is 0 Å². The number of carbonyl (C=O) groups is 2. The van der Waals surface area contributed by atoms with E-state index in [2.05, 4.69) is 5.32 Å². The van der Waals surface area contributed by atoms with Crippen molar-refractivity contribution < 1.29 is 19.1 Å². The van der Waals surface area contributed by atoms with Crippen LogP contribution >= 0.6 is 0 Å². The molecule has 2 N–H and O–H groups in total. The Labute approximate surface area is 146 Å². The summed E-state index contributed by atoms with van der Waals surface area (Å²) in [6.07, 6.45) is 0.747. The Morgan fingerprint density at radius 3 is 2.60 bits per heavy atom. The van der Waals surface area contributed by atoms with Gasteiger partial charge < -0.3 is 15.3 Å². The Morgan fingerprint density at radius 2 is 1.92 bits per heavy atom. The third-order valence-corrected chi connectivity index (χ3v) is 3.65. The SMILES string of the molecule is CCCN(Cc1ccccc1F)C(=O)c1cccc(NCC(=O)O)c1. The average Bonchev–Trinajstić information content (AvgIpc) is 2.61. The molecule has 0 aliphatic rings. The first-order valence-electron chi connectivity index (χ1n) is 8.09. The van der Waals surface area contributed by atoms with E-state index in [9.17, 15) is 14.0 Å². The molecule has 0 aliphatic heterocycles. The quantitative estimate of drug-likeness (QED) is 0.770. The number of hydrogen-bond donors (Lipinski definition) is 2. The van der Waals surface area contributed by atoms with Gasteiger partial charge in [-0.25, -0.2) is 4.39 Å². The number of halogens is 1. The highest BCUT2D eigenvalue weighted by atomic mass is 19.1. The molecule has 0 unspecified atom stereocenters. The van der Waals surface area contributed by atoms with E-state index in [1.54, 1.807) is 47.4 Å². The van der Waals surface area contributed by atoms with Crippen LogP contribution in [-0.2, 0) is 11.3 Å². The standard InChI is InChI=1S/C19H21FN2O3/c1-2-10-22(13-15-6-3-4-9-17(15)20)19(25)14-7-5-8-16(11-14)21-12-18(23)24/h3-9,11,21H,2,10,12-13H2,1H3,(H,23,24). The lowest BCUT2D eigenvalue weighted by atomic mass is 10.1. The lowest BCUT2D eigenvalue weighted by Gasteiger charge is -2.23. The van der Waals surface area contributed by atoms with Gasteiger partial charge in [0, 0.05) is 29.9 Å². The number of carboxylic acids is 1. The minimum atomic E-state index is -0.983. The maximum atomic E-state index is 13.9. The Hall–Kier alpha value is -2.89. The van der Waals surface area contributed by atoms with Gasteiger partial charge in [-0.2, -0.15) is 0 Å². The highest BCUT2D eigenvalue weighted by Gasteiger charge is 2.17. The molecule has 25 heavy (non-hydrogen) atoms. The fraction of sp³-hybridized carbons (Fsp3) is 0.263. The van der Waals surface area contributed by atoms with Crippen LogP contribution in [0.15, 0.2) is 48.5 Å². The Kier molecular flexibility index (Phi) is 6.51. The monoisotopic (exact) mass is 344 g/mol. The lowest BCUT2D eigenvalue weighted by molar-refractivity contribution is -0.134. The van der Waals surface area contributed by atoms with E-state index < -0.39 is 5.97 Å². The van der Waals surface area contributed by atoms with Gasteiger partial charge in [-0.3, -0.25) is 9.59 Å². The summed E-state index contributed by atoms with van der Waals surface area (Å²) >= 11 is 0. The molecule has 0 saturated heterocycles. The zero-order chi connectivity index (χ0) is 18.2. The second kappa shape index (κ2) is 8.82. The van der Waals surface area contributed by atoms with Gasteiger partial charge >= 0.3 is 5.97 Å². The molecule has 5 nitrogen and oxygen atoms in total. The summed E-state index contributed by atoms with van der Waals surface area (Å²) in [4.78, 5) is 25.0. The van der Waals surface area contributed by atoms with Crippen LogP contribution in [-0.4, -0.2) is 35.0 Å². The fourth-order valence-electron chi connectivity index (χ4n) is 2.48. The molecular weight excluding hydrogens is 323 g/mol. The summed E-state index contributed by atoms with van der Waals surface area (Å²) in [6, 6.07) is 13.0. The maximum absolute atomic E-state index is 13.9. The summed E-state index contributed by atoms with van der Waals surface area (Å²) in [5, 5.41) is 11.5. The Morgan fingerprint density at radius 1 is 1.16 bits per heavy atom. The van der Waals surface area contributed by atoms with E-state index in [0.29, 0.717) is 23.4 Å². The van der Waals surface area contributed by atoms with Gasteiger partial charge in [0.2, 0.25) is 0 Å². The molecule has 0 radical (unpaired) electrons. The Balaban J connectivity index is 2.18. The van der Waals surface area contributed by atoms with Crippen LogP contribution in [0.25, 0.3) is 0 Å². The third-order valence-electron chi connectivity index (χ3n) is 3.65. The fourth-order valence-corrected chi connectivity index (χ4v) is 2.48. The number of carboxylic acid groups (broad SMARTS) is 1. The van der Waals surface area contributed by atoms with Gasteiger partial charge in [0.05, 0.1) is 0 Å². The number of nitrogens with one attached hydrogen (secondary N) is 1. The topological polar surface area (TPSA) is 69.6 Å². The molecule has 0 fully saturated rings. The average molecular weight is 344 g/mol. The molecule has 2 aromatic rings. The van der Waals surface area contributed by atoms with E-state index in [4.69, 9.17) is 5.11 Å². The summed E-state index contributed by atoms with van der Waals surface area (Å²) in [5.74, 6) is -1.54. The van der Waals surface area contributed by atoms with Crippen LogP contribution < -0.4 is 5.32 Å². The van der Waals surface area contributed by atoms with Crippen LogP contribution in [0, 0.1) is 5.82 Å². The summed E-state index contributed by atoms with van der Waals surface area (Å²) in [5.41, 5.74) is 1.44. The van der Waals surface area contributed by atoms with Crippen LogP contribution in [0.2, 0.25) is 0 Å². The van der Waals surface area contributed by atoms with Crippen LogP contribution in [0.5, 0.6) is 0 Å². The van der Waals surface area contributed by atoms with Crippen molar-refractivity contribution in [3.8, 4) is 0 Å². The van der Waals surface area contributed by atoms with Crippen molar-refractivity contribution >= 4 is 17.6 Å². The highest BCUT2D eigenvalue weighted by Crippen LogP contribution is 2.16. The van der Waals surface area contributed by atoms with Crippen molar-refractivity contribution in [3.05, 3.63) is 65.5 Å². The summed E-state index contributed by atoms with van der Waals surface area (Å²) in [7, 11) is 0. The van der Waals surface area contributed by atoms with Gasteiger partial charge in [-0.05, 0) is 30.7 Å². The molecule has 6 heteroatoms. The van der Waals surface area contributed by atoms with Crippen LogP contribution in [0.3, 0.4) is 0 Å². The van der Waals surface area contributed by atoms with E-state index in [1.807, 2.05) is 6.92 Å². The van der Waals surface area contributed by atoms with E-state index in [0.717, 1.165) is 6.42 Å². The number of rotatable bonds is 8.